The first kappa shape index (κ1) is 10.9. The number of benzene rings is 1. The lowest BCUT2D eigenvalue weighted by Crippen LogP contribution is -2.22. The number of halogens is 1. The summed E-state index contributed by atoms with van der Waals surface area (Å²) >= 11 is 0. The molecule has 0 radical (unpaired) electrons. The van der Waals surface area contributed by atoms with Gasteiger partial charge in [-0.15, -0.1) is 0 Å². The number of aliphatic hydroxyl groups is 1. The molecule has 76 valence electrons. The van der Waals surface area contributed by atoms with E-state index in [1.54, 1.807) is 13.8 Å². The van der Waals surface area contributed by atoms with Crippen LogP contribution in [0.4, 0.5) is 4.39 Å². The van der Waals surface area contributed by atoms with E-state index in [9.17, 15) is 14.3 Å². The van der Waals surface area contributed by atoms with Crippen molar-refractivity contribution in [2.24, 2.45) is 0 Å². The van der Waals surface area contributed by atoms with E-state index in [4.69, 9.17) is 0 Å². The summed E-state index contributed by atoms with van der Waals surface area (Å²) < 4.78 is 12.8. The zero-order chi connectivity index (χ0) is 10.8. The maximum absolute atomic E-state index is 12.8. The fourth-order valence-electron chi connectivity index (χ4n) is 1.50. The van der Waals surface area contributed by atoms with E-state index in [-0.39, 0.29) is 12.2 Å². The van der Waals surface area contributed by atoms with Crippen LogP contribution in [0.3, 0.4) is 0 Å². The summed E-state index contributed by atoms with van der Waals surface area (Å²) in [6.07, 6.45) is 0.669. The lowest BCUT2D eigenvalue weighted by molar-refractivity contribution is -0.112. The average molecular weight is 196 g/mol. The quantitative estimate of drug-likeness (QED) is 0.750. The van der Waals surface area contributed by atoms with Gasteiger partial charge in [-0.05, 0) is 37.1 Å². The smallest absolute Gasteiger partial charge is 0.123 e. The molecule has 0 aliphatic rings. The number of carbonyl (C=O) groups excluding carboxylic acids is 1. The molecule has 0 aromatic heterocycles. The van der Waals surface area contributed by atoms with Gasteiger partial charge in [-0.25, -0.2) is 4.39 Å². The van der Waals surface area contributed by atoms with E-state index in [0.717, 1.165) is 0 Å². The molecule has 1 aromatic rings. The molecule has 0 aliphatic heterocycles. The number of rotatable bonds is 3. The second-order valence-corrected chi connectivity index (χ2v) is 3.60. The Morgan fingerprint density at radius 1 is 1.57 bits per heavy atom. The highest BCUT2D eigenvalue weighted by molar-refractivity contribution is 5.53. The zero-order valence-electron chi connectivity index (χ0n) is 8.25. The molecule has 2 nitrogen and oxygen atoms in total. The summed E-state index contributed by atoms with van der Waals surface area (Å²) in [6, 6.07) is 4.13. The van der Waals surface area contributed by atoms with Gasteiger partial charge in [0.1, 0.15) is 12.1 Å². The Hall–Kier alpha value is -1.22. The summed E-state index contributed by atoms with van der Waals surface area (Å²) in [7, 11) is 0. The van der Waals surface area contributed by atoms with Gasteiger partial charge >= 0.3 is 0 Å². The Bertz CT molecular complexity index is 345. The third-order valence-electron chi connectivity index (χ3n) is 2.25. The second kappa shape index (κ2) is 3.88. The fourth-order valence-corrected chi connectivity index (χ4v) is 1.50. The number of carbonyl (C=O) groups is 1. The van der Waals surface area contributed by atoms with Crippen molar-refractivity contribution in [2.45, 2.75) is 25.9 Å². The SMILES string of the molecule is Cc1cc(F)ccc1C(C)(O)CC=O. The molecule has 1 aromatic carbocycles. The molecule has 0 heterocycles. The molecule has 1 unspecified atom stereocenters. The van der Waals surface area contributed by atoms with Crippen LogP contribution in [0.15, 0.2) is 18.2 Å². The van der Waals surface area contributed by atoms with Crippen LogP contribution < -0.4 is 0 Å². The van der Waals surface area contributed by atoms with Gasteiger partial charge in [0.05, 0.1) is 5.60 Å². The lowest BCUT2D eigenvalue weighted by atomic mass is 9.90. The molecule has 14 heavy (non-hydrogen) atoms. The number of hydrogen-bond donors (Lipinski definition) is 1. The maximum atomic E-state index is 12.8. The van der Waals surface area contributed by atoms with Crippen LogP contribution in [0.25, 0.3) is 0 Å². The van der Waals surface area contributed by atoms with Gasteiger partial charge in [-0.1, -0.05) is 6.07 Å². The van der Waals surface area contributed by atoms with Crippen LogP contribution in [0.5, 0.6) is 0 Å². The minimum atomic E-state index is -1.21. The summed E-state index contributed by atoms with van der Waals surface area (Å²) in [5.74, 6) is -0.340. The van der Waals surface area contributed by atoms with E-state index >= 15 is 0 Å². The van der Waals surface area contributed by atoms with Crippen molar-refractivity contribution in [1.82, 2.24) is 0 Å². The second-order valence-electron chi connectivity index (χ2n) is 3.60. The average Bonchev–Trinajstić information content (AvgIpc) is 2.02. The van der Waals surface area contributed by atoms with Crippen molar-refractivity contribution < 1.29 is 14.3 Å². The Morgan fingerprint density at radius 2 is 2.21 bits per heavy atom. The first-order chi connectivity index (χ1) is 6.47. The van der Waals surface area contributed by atoms with Gasteiger partial charge in [0.15, 0.2) is 0 Å². The van der Waals surface area contributed by atoms with Crippen molar-refractivity contribution in [3.8, 4) is 0 Å². The van der Waals surface area contributed by atoms with Gasteiger partial charge in [-0.3, -0.25) is 0 Å². The van der Waals surface area contributed by atoms with E-state index < -0.39 is 5.60 Å². The monoisotopic (exact) mass is 196 g/mol. The van der Waals surface area contributed by atoms with Crippen molar-refractivity contribution >= 4 is 6.29 Å². The number of aryl methyl sites for hydroxylation is 1. The van der Waals surface area contributed by atoms with Gasteiger partial charge in [-0.2, -0.15) is 0 Å². The zero-order valence-corrected chi connectivity index (χ0v) is 8.25. The highest BCUT2D eigenvalue weighted by Gasteiger charge is 2.24. The number of hydrogen-bond acceptors (Lipinski definition) is 2. The van der Waals surface area contributed by atoms with Crippen LogP contribution in [-0.4, -0.2) is 11.4 Å². The molecular weight excluding hydrogens is 183 g/mol. The van der Waals surface area contributed by atoms with E-state index in [2.05, 4.69) is 0 Å². The van der Waals surface area contributed by atoms with Gasteiger partial charge < -0.3 is 9.90 Å². The van der Waals surface area contributed by atoms with Gasteiger partial charge in [0.2, 0.25) is 0 Å². The van der Waals surface area contributed by atoms with Crippen molar-refractivity contribution in [2.75, 3.05) is 0 Å². The molecule has 3 heteroatoms. The number of aldehydes is 1. The van der Waals surface area contributed by atoms with Crippen molar-refractivity contribution in [3.05, 3.63) is 35.1 Å². The first-order valence-corrected chi connectivity index (χ1v) is 4.40. The van der Waals surface area contributed by atoms with Crippen LogP contribution >= 0.6 is 0 Å². The summed E-state index contributed by atoms with van der Waals surface area (Å²) in [5.41, 5.74) is 0.0300. The Kier molecular flexibility index (Phi) is 3.01. The Morgan fingerprint density at radius 3 is 2.71 bits per heavy atom. The molecule has 0 aliphatic carbocycles. The van der Waals surface area contributed by atoms with Crippen LogP contribution in [0, 0.1) is 12.7 Å². The fraction of sp³-hybridized carbons (Fsp3) is 0.364. The lowest BCUT2D eigenvalue weighted by Gasteiger charge is -2.23. The molecular formula is C11H13FO2. The minimum absolute atomic E-state index is 0.0134. The van der Waals surface area contributed by atoms with Crippen molar-refractivity contribution in [3.63, 3.8) is 0 Å². The van der Waals surface area contributed by atoms with E-state index in [1.807, 2.05) is 0 Å². The van der Waals surface area contributed by atoms with Gasteiger partial charge in [0.25, 0.3) is 0 Å². The maximum Gasteiger partial charge on any atom is 0.123 e. The Balaban J connectivity index is 3.12. The molecule has 0 saturated heterocycles. The molecule has 0 saturated carbocycles. The third-order valence-corrected chi connectivity index (χ3v) is 2.25. The molecule has 0 bridgehead atoms. The molecule has 0 spiro atoms. The highest BCUT2D eigenvalue weighted by atomic mass is 19.1. The summed E-state index contributed by atoms with van der Waals surface area (Å²) in [5, 5.41) is 9.90. The Labute approximate surface area is 82.4 Å². The highest BCUT2D eigenvalue weighted by Crippen LogP contribution is 2.26. The van der Waals surface area contributed by atoms with Gasteiger partial charge in [0, 0.05) is 6.42 Å². The van der Waals surface area contributed by atoms with Crippen LogP contribution in [-0.2, 0) is 10.4 Å². The van der Waals surface area contributed by atoms with Crippen molar-refractivity contribution in [1.29, 1.82) is 0 Å². The predicted molar refractivity (Wildman–Crippen MR) is 51.4 cm³/mol. The molecule has 0 amide bonds. The van der Waals surface area contributed by atoms with Crippen LogP contribution in [0.2, 0.25) is 0 Å². The predicted octanol–water partition coefficient (Wildman–Crippen LogP) is 1.93. The minimum Gasteiger partial charge on any atom is -0.385 e. The molecule has 0 fully saturated rings. The molecule has 1 rings (SSSR count). The summed E-state index contributed by atoms with van der Waals surface area (Å²) in [6.45, 7) is 3.25. The largest absolute Gasteiger partial charge is 0.385 e. The topological polar surface area (TPSA) is 37.3 Å². The normalized spacial score (nSPS) is 14.9. The molecule has 1 atom stereocenters. The van der Waals surface area contributed by atoms with E-state index in [0.29, 0.717) is 17.4 Å². The van der Waals surface area contributed by atoms with E-state index in [1.165, 1.54) is 18.2 Å². The molecule has 1 N–H and O–H groups in total. The van der Waals surface area contributed by atoms with Crippen LogP contribution in [0.1, 0.15) is 24.5 Å². The standard InChI is InChI=1S/C11H13FO2/c1-8-7-9(12)3-4-10(8)11(2,14)5-6-13/h3-4,6-7,14H,5H2,1-2H3. The first-order valence-electron chi connectivity index (χ1n) is 4.40. The summed E-state index contributed by atoms with van der Waals surface area (Å²) in [4.78, 5) is 10.3. The third kappa shape index (κ3) is 2.17.